The number of Topliss-reactive ketones (excluding diaryl/α,β-unsaturated/α-hetero) is 2. The molecule has 0 radical (unpaired) electrons. The van der Waals surface area contributed by atoms with Gasteiger partial charge in [0.2, 0.25) is 0 Å². The van der Waals surface area contributed by atoms with Gasteiger partial charge in [0.05, 0.1) is 16.9 Å². The van der Waals surface area contributed by atoms with E-state index in [2.05, 4.69) is 6.58 Å². The molecule has 0 aliphatic heterocycles. The minimum absolute atomic E-state index is 0.142. The van der Waals surface area contributed by atoms with E-state index in [0.29, 0.717) is 0 Å². The molecule has 3 saturated carbocycles. The van der Waals surface area contributed by atoms with Crippen LogP contribution < -0.4 is 0 Å². The number of ether oxygens (including phenoxy) is 3. The molecule has 0 amide bonds. The molecule has 1 aromatic carbocycles. The molecule has 1 aromatic rings. The molecule has 0 aromatic heterocycles. The summed E-state index contributed by atoms with van der Waals surface area (Å²) in [6.45, 7) is 12.5. The largest absolute Gasteiger partial charge is 0.459 e. The first-order valence-electron chi connectivity index (χ1n) is 13.7. The predicted molar refractivity (Wildman–Crippen MR) is 144 cm³/mol. The summed E-state index contributed by atoms with van der Waals surface area (Å²) in [5.74, 6) is -5.90. The summed E-state index contributed by atoms with van der Waals surface area (Å²) in [5, 5.41) is 24.0. The fraction of sp³-hybridized carbons (Fsp3) is 0.581. The van der Waals surface area contributed by atoms with E-state index in [0.717, 1.165) is 13.8 Å². The van der Waals surface area contributed by atoms with E-state index in [1.807, 2.05) is 0 Å². The van der Waals surface area contributed by atoms with Gasteiger partial charge in [-0.25, -0.2) is 4.79 Å². The van der Waals surface area contributed by atoms with Crippen molar-refractivity contribution in [3.63, 3.8) is 0 Å². The van der Waals surface area contributed by atoms with E-state index >= 15 is 0 Å². The first kappa shape index (κ1) is 30.6. The summed E-state index contributed by atoms with van der Waals surface area (Å²) in [6, 6.07) is 8.04. The van der Waals surface area contributed by atoms with Crippen LogP contribution in [0.1, 0.15) is 64.7 Å². The van der Waals surface area contributed by atoms with Crippen LogP contribution in [0.15, 0.2) is 43.0 Å². The van der Waals surface area contributed by atoms with Gasteiger partial charge in [-0.15, -0.1) is 6.58 Å². The summed E-state index contributed by atoms with van der Waals surface area (Å²) in [6.07, 6.45) is -4.91. The maximum Gasteiger partial charge on any atom is 0.338 e. The smallest absolute Gasteiger partial charge is 0.338 e. The van der Waals surface area contributed by atoms with E-state index in [-0.39, 0.29) is 18.4 Å². The molecule has 10 heteroatoms. The van der Waals surface area contributed by atoms with Crippen LogP contribution in [0.5, 0.6) is 0 Å². The Hall–Kier alpha value is -3.37. The molecule has 222 valence electrons. The summed E-state index contributed by atoms with van der Waals surface area (Å²) >= 11 is 0. The van der Waals surface area contributed by atoms with Crippen LogP contribution in [0, 0.1) is 28.1 Å². The second-order valence-electron chi connectivity index (χ2n) is 12.6. The first-order chi connectivity index (χ1) is 19.0. The second-order valence-corrected chi connectivity index (χ2v) is 12.6. The van der Waals surface area contributed by atoms with E-state index < -0.39 is 87.6 Å². The Balaban J connectivity index is 1.95. The monoisotopic (exact) mass is 570 g/mol. The lowest BCUT2D eigenvalue weighted by molar-refractivity contribution is -0.293. The van der Waals surface area contributed by atoms with Gasteiger partial charge in [-0.2, -0.15) is 0 Å². The molecule has 10 nitrogen and oxygen atoms in total. The number of carbonyl (C=O) groups excluding carboxylic acids is 5. The molecule has 3 aliphatic carbocycles. The van der Waals surface area contributed by atoms with Gasteiger partial charge in [0.15, 0.2) is 17.5 Å². The summed E-state index contributed by atoms with van der Waals surface area (Å²) in [4.78, 5) is 66.1. The lowest BCUT2D eigenvalue weighted by atomic mass is 9.39. The molecule has 0 saturated heterocycles. The van der Waals surface area contributed by atoms with Gasteiger partial charge in [-0.3, -0.25) is 19.2 Å². The third-order valence-corrected chi connectivity index (χ3v) is 9.69. The van der Waals surface area contributed by atoms with Crippen molar-refractivity contribution in [1.82, 2.24) is 0 Å². The van der Waals surface area contributed by atoms with Crippen molar-refractivity contribution in [1.29, 1.82) is 0 Å². The lowest BCUT2D eigenvalue weighted by Crippen LogP contribution is -2.80. The number of benzene rings is 1. The molecular formula is C31H38O10. The minimum atomic E-state index is -2.51. The lowest BCUT2D eigenvalue weighted by Gasteiger charge is -2.67. The van der Waals surface area contributed by atoms with Crippen molar-refractivity contribution in [3.05, 3.63) is 48.6 Å². The van der Waals surface area contributed by atoms with E-state index in [9.17, 15) is 34.2 Å². The third-order valence-electron chi connectivity index (χ3n) is 9.69. The topological polar surface area (TPSA) is 153 Å². The van der Waals surface area contributed by atoms with Crippen molar-refractivity contribution in [3.8, 4) is 0 Å². The van der Waals surface area contributed by atoms with Crippen molar-refractivity contribution in [2.45, 2.75) is 84.4 Å². The third kappa shape index (κ3) is 4.52. The van der Waals surface area contributed by atoms with Gasteiger partial charge in [-0.05, 0) is 36.8 Å². The fourth-order valence-corrected chi connectivity index (χ4v) is 7.77. The highest BCUT2D eigenvalue weighted by atomic mass is 16.6. The quantitative estimate of drug-likeness (QED) is 0.307. The number of hydrogen-bond acceptors (Lipinski definition) is 10. The average molecular weight is 571 g/mol. The van der Waals surface area contributed by atoms with Gasteiger partial charge < -0.3 is 24.4 Å². The Morgan fingerprint density at radius 2 is 1.56 bits per heavy atom. The number of ketones is 2. The Labute approximate surface area is 239 Å². The average Bonchev–Trinajstić information content (AvgIpc) is 2.89. The highest BCUT2D eigenvalue weighted by molar-refractivity contribution is 6.06. The Morgan fingerprint density at radius 1 is 0.976 bits per heavy atom. The van der Waals surface area contributed by atoms with Gasteiger partial charge in [0, 0.05) is 25.7 Å². The molecule has 0 unspecified atom stereocenters. The number of hydrogen-bond donors (Lipinski definition) is 2. The molecule has 2 N–H and O–H groups in total. The van der Waals surface area contributed by atoms with E-state index in [1.165, 1.54) is 25.1 Å². The number of fused-ring (bicyclic) bond motifs is 3. The number of esters is 3. The molecule has 41 heavy (non-hydrogen) atoms. The van der Waals surface area contributed by atoms with Gasteiger partial charge >= 0.3 is 17.9 Å². The summed E-state index contributed by atoms with van der Waals surface area (Å²) in [7, 11) is 0. The van der Waals surface area contributed by atoms with Crippen LogP contribution in [-0.2, 0) is 33.4 Å². The Kier molecular flexibility index (Phi) is 7.58. The highest BCUT2D eigenvalue weighted by Gasteiger charge is 2.78. The second kappa shape index (κ2) is 10.2. The first-order valence-corrected chi connectivity index (χ1v) is 13.7. The number of rotatable bonds is 5. The van der Waals surface area contributed by atoms with Crippen LogP contribution in [0.2, 0.25) is 0 Å². The molecule has 3 fully saturated rings. The van der Waals surface area contributed by atoms with Crippen LogP contribution in [0.25, 0.3) is 0 Å². The van der Waals surface area contributed by atoms with Gasteiger partial charge in [0.25, 0.3) is 0 Å². The predicted octanol–water partition coefficient (Wildman–Crippen LogP) is 2.58. The van der Waals surface area contributed by atoms with Crippen molar-refractivity contribution < 1.29 is 48.4 Å². The van der Waals surface area contributed by atoms with Crippen molar-refractivity contribution in [2.24, 2.45) is 28.1 Å². The molecule has 3 aliphatic rings. The molecule has 0 bridgehead atoms. The number of aliphatic hydroxyl groups is 2. The zero-order chi connectivity index (χ0) is 30.7. The molecule has 0 heterocycles. The standard InChI is InChI=1S/C31H38O10/c1-8-29(6)15-19(34)23-30(7)20(14-21(39-16(2)32)31(23,38)27(29)37)28(4,5)24(35)22(25(30)40-17(3)33)41-26(36)18-12-10-9-11-13-18/h8-13,20-25,35,38H,1,14-15H2,2-7H3/t20-,21+,22-,23+,24+,25-,29-,30-,31-/m0/s1. The van der Waals surface area contributed by atoms with Crippen molar-refractivity contribution in [2.75, 3.05) is 0 Å². The van der Waals surface area contributed by atoms with Gasteiger partial charge in [-0.1, -0.05) is 45.0 Å². The highest BCUT2D eigenvalue weighted by Crippen LogP contribution is 2.66. The summed E-state index contributed by atoms with van der Waals surface area (Å²) < 4.78 is 17.1. The number of carbonyl (C=O) groups is 5. The van der Waals surface area contributed by atoms with Crippen LogP contribution in [0.4, 0.5) is 0 Å². The van der Waals surface area contributed by atoms with E-state index in [1.54, 1.807) is 39.0 Å². The maximum atomic E-state index is 14.1. The zero-order valence-corrected chi connectivity index (χ0v) is 24.2. The Morgan fingerprint density at radius 3 is 2.10 bits per heavy atom. The van der Waals surface area contributed by atoms with Gasteiger partial charge in [0.1, 0.15) is 24.1 Å². The number of aliphatic hydroxyl groups excluding tert-OH is 1. The van der Waals surface area contributed by atoms with Crippen LogP contribution in [0.3, 0.4) is 0 Å². The molecule has 4 rings (SSSR count). The Bertz CT molecular complexity index is 1290. The minimum Gasteiger partial charge on any atom is -0.459 e. The molecule has 9 atom stereocenters. The zero-order valence-electron chi connectivity index (χ0n) is 24.2. The van der Waals surface area contributed by atoms with E-state index in [4.69, 9.17) is 14.2 Å². The fourth-order valence-electron chi connectivity index (χ4n) is 7.77. The van der Waals surface area contributed by atoms with Crippen LogP contribution >= 0.6 is 0 Å². The molecular weight excluding hydrogens is 532 g/mol. The van der Waals surface area contributed by atoms with Crippen molar-refractivity contribution >= 4 is 29.5 Å². The summed E-state index contributed by atoms with van der Waals surface area (Å²) in [5.41, 5.74) is -6.47. The molecule has 0 spiro atoms. The number of allylic oxidation sites excluding steroid dienone is 1. The maximum absolute atomic E-state index is 14.1. The normalized spacial score (nSPS) is 39.5. The van der Waals surface area contributed by atoms with Crippen LogP contribution in [-0.4, -0.2) is 69.7 Å². The SMILES string of the molecule is C=C[C@@]1(C)CC(=O)[C@H]2[C@](O)(C1=O)[C@H](OC(C)=O)C[C@H]1C(C)(C)[C@H](O)[C@H](OC(=O)c3ccccc3)[C@H](OC(C)=O)[C@@]12C.